The van der Waals surface area contributed by atoms with Crippen molar-refractivity contribution in [1.82, 2.24) is 25.4 Å². The van der Waals surface area contributed by atoms with Crippen LogP contribution in [0.2, 0.25) is 0 Å². The minimum Gasteiger partial charge on any atom is -0.361 e. The molecule has 0 aliphatic rings. The standard InChI is InChI=1S/C15H16N6O2/c1-9-4-5-12(21-8-16-19-20-21)6-14(9)17-15(22)7-13-10(2)18-23-11(13)3/h4-6,8H,7H2,1-3H3,(H,17,22). The van der Waals surface area contributed by atoms with E-state index in [9.17, 15) is 4.79 Å². The van der Waals surface area contributed by atoms with Crippen molar-refractivity contribution >= 4 is 11.6 Å². The molecule has 3 aromatic rings. The number of aryl methyl sites for hydroxylation is 3. The number of amides is 1. The van der Waals surface area contributed by atoms with E-state index < -0.39 is 0 Å². The van der Waals surface area contributed by atoms with Gasteiger partial charge in [0.1, 0.15) is 12.1 Å². The highest BCUT2D eigenvalue weighted by atomic mass is 16.5. The Morgan fingerprint density at radius 1 is 1.30 bits per heavy atom. The summed E-state index contributed by atoms with van der Waals surface area (Å²) in [7, 11) is 0. The van der Waals surface area contributed by atoms with Gasteiger partial charge in [-0.2, -0.15) is 0 Å². The van der Waals surface area contributed by atoms with E-state index in [0.29, 0.717) is 5.76 Å². The molecular formula is C15H16N6O2. The third-order valence-corrected chi connectivity index (χ3v) is 3.63. The number of rotatable bonds is 4. The third-order valence-electron chi connectivity index (χ3n) is 3.63. The van der Waals surface area contributed by atoms with Crippen LogP contribution in [0.3, 0.4) is 0 Å². The number of benzene rings is 1. The molecular weight excluding hydrogens is 296 g/mol. The van der Waals surface area contributed by atoms with Crippen molar-refractivity contribution < 1.29 is 9.32 Å². The summed E-state index contributed by atoms with van der Waals surface area (Å²) < 4.78 is 6.61. The van der Waals surface area contributed by atoms with Crippen molar-refractivity contribution in [2.45, 2.75) is 27.2 Å². The van der Waals surface area contributed by atoms with Crippen LogP contribution in [0.4, 0.5) is 5.69 Å². The predicted molar refractivity (Wildman–Crippen MR) is 82.2 cm³/mol. The summed E-state index contributed by atoms with van der Waals surface area (Å²) in [6.07, 6.45) is 1.72. The van der Waals surface area contributed by atoms with E-state index in [1.165, 1.54) is 11.0 Å². The number of aromatic nitrogens is 5. The number of nitrogens with one attached hydrogen (secondary N) is 1. The smallest absolute Gasteiger partial charge is 0.229 e. The van der Waals surface area contributed by atoms with Crippen molar-refractivity contribution in [2.24, 2.45) is 0 Å². The van der Waals surface area contributed by atoms with Crippen molar-refractivity contribution in [3.05, 3.63) is 47.1 Å². The Labute approximate surface area is 132 Å². The first-order valence-electron chi connectivity index (χ1n) is 7.10. The second kappa shape index (κ2) is 5.99. The van der Waals surface area contributed by atoms with Gasteiger partial charge in [-0.3, -0.25) is 4.79 Å². The lowest BCUT2D eigenvalue weighted by atomic mass is 10.1. The first-order valence-corrected chi connectivity index (χ1v) is 7.10. The van der Waals surface area contributed by atoms with E-state index in [-0.39, 0.29) is 12.3 Å². The van der Waals surface area contributed by atoms with Gasteiger partial charge < -0.3 is 9.84 Å². The van der Waals surface area contributed by atoms with Gasteiger partial charge in [0, 0.05) is 11.3 Å². The van der Waals surface area contributed by atoms with E-state index in [1.54, 1.807) is 6.92 Å². The molecule has 3 rings (SSSR count). The van der Waals surface area contributed by atoms with Gasteiger partial charge in [0.25, 0.3) is 0 Å². The largest absolute Gasteiger partial charge is 0.361 e. The van der Waals surface area contributed by atoms with Gasteiger partial charge in [-0.25, -0.2) is 4.68 Å². The number of hydrogen-bond acceptors (Lipinski definition) is 6. The van der Waals surface area contributed by atoms with Gasteiger partial charge in [-0.1, -0.05) is 11.2 Å². The molecule has 0 unspecified atom stereocenters. The average Bonchev–Trinajstić information content (AvgIpc) is 3.15. The summed E-state index contributed by atoms with van der Waals surface area (Å²) in [4.78, 5) is 12.3. The van der Waals surface area contributed by atoms with Crippen LogP contribution < -0.4 is 5.32 Å². The first kappa shape index (κ1) is 14.9. The second-order valence-corrected chi connectivity index (χ2v) is 5.28. The third kappa shape index (κ3) is 3.10. The van der Waals surface area contributed by atoms with Crippen LogP contribution >= 0.6 is 0 Å². The highest BCUT2D eigenvalue weighted by Gasteiger charge is 2.14. The van der Waals surface area contributed by atoms with Crippen molar-refractivity contribution in [3.63, 3.8) is 0 Å². The summed E-state index contributed by atoms with van der Waals surface area (Å²) in [5.74, 6) is 0.535. The van der Waals surface area contributed by atoms with Gasteiger partial charge in [-0.05, 0) is 48.9 Å². The number of anilines is 1. The average molecular weight is 312 g/mol. The van der Waals surface area contributed by atoms with Crippen LogP contribution in [0.15, 0.2) is 29.0 Å². The molecule has 118 valence electrons. The SMILES string of the molecule is Cc1ccc(-n2cnnn2)cc1NC(=O)Cc1c(C)noc1C. The molecule has 0 aliphatic carbocycles. The van der Waals surface area contributed by atoms with Gasteiger partial charge in [0.15, 0.2) is 0 Å². The summed E-state index contributed by atoms with van der Waals surface area (Å²) in [5.41, 5.74) is 3.99. The molecule has 0 saturated heterocycles. The number of carbonyl (C=O) groups is 1. The molecule has 23 heavy (non-hydrogen) atoms. The molecule has 1 N–H and O–H groups in total. The zero-order valence-electron chi connectivity index (χ0n) is 13.1. The quantitative estimate of drug-likeness (QED) is 0.788. The molecule has 8 nitrogen and oxygen atoms in total. The lowest BCUT2D eigenvalue weighted by Gasteiger charge is -2.10. The number of hydrogen-bond donors (Lipinski definition) is 1. The topological polar surface area (TPSA) is 98.7 Å². The minimum atomic E-state index is -0.128. The van der Waals surface area contributed by atoms with Gasteiger partial charge >= 0.3 is 0 Å². The predicted octanol–water partition coefficient (Wildman–Crippen LogP) is 1.76. The van der Waals surface area contributed by atoms with Crippen molar-refractivity contribution in [3.8, 4) is 5.69 Å². The zero-order valence-corrected chi connectivity index (χ0v) is 13.1. The molecule has 0 bridgehead atoms. The fourth-order valence-corrected chi connectivity index (χ4v) is 2.28. The Hall–Kier alpha value is -3.03. The summed E-state index contributed by atoms with van der Waals surface area (Å²) in [5, 5.41) is 17.8. The van der Waals surface area contributed by atoms with Crippen LogP contribution in [0.25, 0.3) is 5.69 Å². The maximum atomic E-state index is 12.3. The Bertz CT molecular complexity index is 818. The number of carbonyl (C=O) groups excluding carboxylic acids is 1. The van der Waals surface area contributed by atoms with Gasteiger partial charge in [0.2, 0.25) is 5.91 Å². The molecule has 0 aliphatic heterocycles. The van der Waals surface area contributed by atoms with E-state index in [2.05, 4.69) is 26.0 Å². The van der Waals surface area contributed by atoms with Crippen LogP contribution in [0.1, 0.15) is 22.6 Å². The van der Waals surface area contributed by atoms with E-state index in [4.69, 9.17) is 4.52 Å². The van der Waals surface area contributed by atoms with Gasteiger partial charge in [-0.15, -0.1) is 5.10 Å². The summed E-state index contributed by atoms with van der Waals surface area (Å²) in [6, 6.07) is 5.62. The molecule has 2 heterocycles. The van der Waals surface area contributed by atoms with Crippen LogP contribution in [0.5, 0.6) is 0 Å². The van der Waals surface area contributed by atoms with Crippen LogP contribution in [0, 0.1) is 20.8 Å². The fourth-order valence-electron chi connectivity index (χ4n) is 2.28. The maximum Gasteiger partial charge on any atom is 0.229 e. The molecule has 8 heteroatoms. The van der Waals surface area contributed by atoms with Crippen molar-refractivity contribution in [2.75, 3.05) is 5.32 Å². The molecule has 0 spiro atoms. The lowest BCUT2D eigenvalue weighted by Crippen LogP contribution is -2.16. The van der Waals surface area contributed by atoms with E-state index >= 15 is 0 Å². The van der Waals surface area contributed by atoms with Gasteiger partial charge in [0.05, 0.1) is 17.8 Å². The number of tetrazole rings is 1. The molecule has 0 saturated carbocycles. The van der Waals surface area contributed by atoms with E-state index in [1.807, 2.05) is 32.0 Å². The summed E-state index contributed by atoms with van der Waals surface area (Å²) in [6.45, 7) is 5.55. The lowest BCUT2D eigenvalue weighted by molar-refractivity contribution is -0.115. The van der Waals surface area contributed by atoms with E-state index in [0.717, 1.165) is 28.2 Å². The Kier molecular flexibility index (Phi) is 3.88. The van der Waals surface area contributed by atoms with Crippen LogP contribution in [-0.2, 0) is 11.2 Å². The minimum absolute atomic E-state index is 0.128. The molecule has 0 fully saturated rings. The van der Waals surface area contributed by atoms with Crippen LogP contribution in [-0.4, -0.2) is 31.3 Å². The molecule has 0 atom stereocenters. The normalized spacial score (nSPS) is 10.7. The second-order valence-electron chi connectivity index (χ2n) is 5.28. The van der Waals surface area contributed by atoms with Crippen molar-refractivity contribution in [1.29, 1.82) is 0 Å². The Balaban J connectivity index is 1.79. The Morgan fingerprint density at radius 3 is 2.78 bits per heavy atom. The maximum absolute atomic E-state index is 12.3. The highest BCUT2D eigenvalue weighted by Crippen LogP contribution is 2.20. The highest BCUT2D eigenvalue weighted by molar-refractivity contribution is 5.93. The molecule has 0 radical (unpaired) electrons. The first-order chi connectivity index (χ1) is 11.0. The molecule has 1 aromatic carbocycles. The number of nitrogens with zero attached hydrogens (tertiary/aromatic N) is 5. The molecule has 2 aromatic heterocycles. The summed E-state index contributed by atoms with van der Waals surface area (Å²) >= 11 is 0. The Morgan fingerprint density at radius 2 is 2.13 bits per heavy atom. The fraction of sp³-hybridized carbons (Fsp3) is 0.267. The zero-order chi connectivity index (χ0) is 16.4. The monoisotopic (exact) mass is 312 g/mol. The molecule has 1 amide bonds.